The van der Waals surface area contributed by atoms with Crippen molar-refractivity contribution in [3.63, 3.8) is 0 Å². The molecule has 0 spiro atoms. The number of rotatable bonds is 7. The van der Waals surface area contributed by atoms with Gasteiger partial charge in [-0.1, -0.05) is 30.3 Å². The Bertz CT molecular complexity index is 740. The summed E-state index contributed by atoms with van der Waals surface area (Å²) in [5.41, 5.74) is 0.829. The second kappa shape index (κ2) is 9.27. The molecule has 2 aromatic carbocycles. The minimum atomic E-state index is -0.326. The maximum Gasteiger partial charge on any atom is 0.244 e. The van der Waals surface area contributed by atoms with Crippen LogP contribution in [0.4, 0.5) is 0 Å². The standard InChI is InChI=1S/C20H22N2O3/c1-15(2)22-20(24)14-21-19(23)12-11-16-7-6-10-18(13-16)25-17-8-4-3-5-9-17/h3-13,15H,14H2,1-2H3,(H,21,23)(H,22,24)/b12-11+. The predicted molar refractivity (Wildman–Crippen MR) is 98.3 cm³/mol. The lowest BCUT2D eigenvalue weighted by atomic mass is 10.2. The molecule has 0 aliphatic rings. The van der Waals surface area contributed by atoms with E-state index in [4.69, 9.17) is 4.74 Å². The third kappa shape index (κ3) is 6.91. The molecule has 2 amide bonds. The van der Waals surface area contributed by atoms with Gasteiger partial charge in [0.15, 0.2) is 0 Å². The number of hydrogen-bond acceptors (Lipinski definition) is 3. The lowest BCUT2D eigenvalue weighted by Crippen LogP contribution is -2.39. The Kier molecular flexibility index (Phi) is 6.77. The Morgan fingerprint density at radius 1 is 1.04 bits per heavy atom. The Balaban J connectivity index is 1.89. The first kappa shape index (κ1) is 18.3. The monoisotopic (exact) mass is 338 g/mol. The van der Waals surface area contributed by atoms with Crippen LogP contribution >= 0.6 is 0 Å². The molecule has 0 aliphatic carbocycles. The summed E-state index contributed by atoms with van der Waals surface area (Å²) in [6, 6.07) is 16.9. The zero-order valence-electron chi connectivity index (χ0n) is 14.4. The van der Waals surface area contributed by atoms with E-state index in [-0.39, 0.29) is 24.4 Å². The summed E-state index contributed by atoms with van der Waals surface area (Å²) in [5, 5.41) is 5.25. The lowest BCUT2D eigenvalue weighted by Gasteiger charge is -2.08. The number of carbonyl (C=O) groups excluding carboxylic acids is 2. The SMILES string of the molecule is CC(C)NC(=O)CNC(=O)/C=C/c1cccc(Oc2ccccc2)c1. The fraction of sp³-hybridized carbons (Fsp3) is 0.200. The van der Waals surface area contributed by atoms with E-state index < -0.39 is 0 Å². The summed E-state index contributed by atoms with van der Waals surface area (Å²) in [6.45, 7) is 3.69. The van der Waals surface area contributed by atoms with Crippen LogP contribution in [0.1, 0.15) is 19.4 Å². The van der Waals surface area contributed by atoms with Gasteiger partial charge >= 0.3 is 0 Å². The molecular formula is C20H22N2O3. The van der Waals surface area contributed by atoms with Crippen molar-refractivity contribution >= 4 is 17.9 Å². The van der Waals surface area contributed by atoms with Gasteiger partial charge in [-0.15, -0.1) is 0 Å². The van der Waals surface area contributed by atoms with E-state index in [1.165, 1.54) is 6.08 Å². The molecule has 0 saturated carbocycles. The van der Waals surface area contributed by atoms with Crippen LogP contribution in [-0.4, -0.2) is 24.4 Å². The van der Waals surface area contributed by atoms with Gasteiger partial charge in [-0.05, 0) is 49.8 Å². The Morgan fingerprint density at radius 2 is 1.76 bits per heavy atom. The number of para-hydroxylation sites is 1. The second-order valence-corrected chi connectivity index (χ2v) is 5.76. The molecule has 2 N–H and O–H groups in total. The molecule has 0 aliphatic heterocycles. The first-order chi connectivity index (χ1) is 12.0. The Labute approximate surface area is 147 Å². The van der Waals surface area contributed by atoms with Crippen molar-refractivity contribution < 1.29 is 14.3 Å². The molecule has 0 saturated heterocycles. The van der Waals surface area contributed by atoms with Gasteiger partial charge in [0.25, 0.3) is 0 Å². The number of hydrogen-bond donors (Lipinski definition) is 2. The van der Waals surface area contributed by atoms with Gasteiger partial charge in [0.2, 0.25) is 11.8 Å². The molecule has 0 atom stereocenters. The van der Waals surface area contributed by atoms with Crippen molar-refractivity contribution in [3.8, 4) is 11.5 Å². The molecule has 5 nitrogen and oxygen atoms in total. The Hall–Kier alpha value is -3.08. The van der Waals surface area contributed by atoms with Gasteiger partial charge in [-0.2, -0.15) is 0 Å². The van der Waals surface area contributed by atoms with Crippen LogP contribution in [0.2, 0.25) is 0 Å². The van der Waals surface area contributed by atoms with E-state index in [1.54, 1.807) is 6.08 Å². The average Bonchev–Trinajstić information content (AvgIpc) is 2.59. The zero-order valence-corrected chi connectivity index (χ0v) is 14.4. The van der Waals surface area contributed by atoms with Gasteiger partial charge in [0.1, 0.15) is 11.5 Å². The van der Waals surface area contributed by atoms with Gasteiger partial charge in [-0.3, -0.25) is 9.59 Å². The third-order valence-electron chi connectivity index (χ3n) is 3.14. The van der Waals surface area contributed by atoms with Crippen molar-refractivity contribution in [2.75, 3.05) is 6.54 Å². The van der Waals surface area contributed by atoms with E-state index in [0.717, 1.165) is 11.3 Å². The molecule has 0 radical (unpaired) electrons. The van der Waals surface area contributed by atoms with Crippen molar-refractivity contribution in [2.24, 2.45) is 0 Å². The first-order valence-corrected chi connectivity index (χ1v) is 8.11. The zero-order chi connectivity index (χ0) is 18.1. The molecule has 2 rings (SSSR count). The normalized spacial score (nSPS) is 10.7. The molecule has 130 valence electrons. The number of ether oxygens (including phenoxy) is 1. The van der Waals surface area contributed by atoms with Crippen LogP contribution in [0.25, 0.3) is 6.08 Å². The van der Waals surface area contributed by atoms with Crippen LogP contribution in [0.15, 0.2) is 60.7 Å². The maximum atomic E-state index is 11.8. The van der Waals surface area contributed by atoms with Crippen LogP contribution in [0.5, 0.6) is 11.5 Å². The van der Waals surface area contributed by atoms with Crippen molar-refractivity contribution in [1.82, 2.24) is 10.6 Å². The Morgan fingerprint density at radius 3 is 2.48 bits per heavy atom. The summed E-state index contributed by atoms with van der Waals surface area (Å²) in [6.07, 6.45) is 3.07. The summed E-state index contributed by atoms with van der Waals surface area (Å²) < 4.78 is 5.75. The highest BCUT2D eigenvalue weighted by Crippen LogP contribution is 2.22. The maximum absolute atomic E-state index is 11.8. The molecule has 0 heterocycles. The number of nitrogens with one attached hydrogen (secondary N) is 2. The molecule has 0 bridgehead atoms. The van der Waals surface area contributed by atoms with Gasteiger partial charge < -0.3 is 15.4 Å². The van der Waals surface area contributed by atoms with Crippen LogP contribution < -0.4 is 15.4 Å². The van der Waals surface area contributed by atoms with E-state index in [0.29, 0.717) is 5.75 Å². The van der Waals surface area contributed by atoms with Gasteiger partial charge in [-0.25, -0.2) is 0 Å². The molecule has 0 unspecified atom stereocenters. The fourth-order valence-electron chi connectivity index (χ4n) is 2.08. The van der Waals surface area contributed by atoms with Crippen LogP contribution in [-0.2, 0) is 9.59 Å². The van der Waals surface area contributed by atoms with E-state index in [9.17, 15) is 9.59 Å². The highest BCUT2D eigenvalue weighted by molar-refractivity contribution is 5.94. The summed E-state index contributed by atoms with van der Waals surface area (Å²) in [4.78, 5) is 23.3. The quantitative estimate of drug-likeness (QED) is 0.762. The molecule has 2 aromatic rings. The highest BCUT2D eigenvalue weighted by Gasteiger charge is 2.04. The smallest absolute Gasteiger partial charge is 0.244 e. The fourth-order valence-corrected chi connectivity index (χ4v) is 2.08. The third-order valence-corrected chi connectivity index (χ3v) is 3.14. The summed E-state index contributed by atoms with van der Waals surface area (Å²) in [7, 11) is 0. The molecule has 25 heavy (non-hydrogen) atoms. The van der Waals surface area contributed by atoms with Crippen LogP contribution in [0.3, 0.4) is 0 Å². The predicted octanol–water partition coefficient (Wildman–Crippen LogP) is 3.13. The molecule has 0 aromatic heterocycles. The highest BCUT2D eigenvalue weighted by atomic mass is 16.5. The van der Waals surface area contributed by atoms with Crippen molar-refractivity contribution in [3.05, 3.63) is 66.2 Å². The van der Waals surface area contributed by atoms with Gasteiger partial charge in [0, 0.05) is 12.1 Å². The number of benzene rings is 2. The average molecular weight is 338 g/mol. The molecule has 5 heteroatoms. The minimum absolute atomic E-state index is 0.0431. The lowest BCUT2D eigenvalue weighted by molar-refractivity contribution is -0.124. The molecular weight excluding hydrogens is 316 g/mol. The molecule has 0 fully saturated rings. The summed E-state index contributed by atoms with van der Waals surface area (Å²) in [5.74, 6) is 0.894. The first-order valence-electron chi connectivity index (χ1n) is 8.11. The number of carbonyl (C=O) groups is 2. The minimum Gasteiger partial charge on any atom is -0.457 e. The topological polar surface area (TPSA) is 67.4 Å². The van der Waals surface area contributed by atoms with E-state index >= 15 is 0 Å². The second-order valence-electron chi connectivity index (χ2n) is 5.76. The van der Waals surface area contributed by atoms with E-state index in [1.807, 2.05) is 68.4 Å². The van der Waals surface area contributed by atoms with Crippen molar-refractivity contribution in [1.29, 1.82) is 0 Å². The summed E-state index contributed by atoms with van der Waals surface area (Å²) >= 11 is 0. The van der Waals surface area contributed by atoms with Crippen molar-refractivity contribution in [2.45, 2.75) is 19.9 Å². The largest absolute Gasteiger partial charge is 0.457 e. The van der Waals surface area contributed by atoms with Gasteiger partial charge in [0.05, 0.1) is 6.54 Å². The van der Waals surface area contributed by atoms with Crippen LogP contribution in [0, 0.1) is 0 Å². The number of amides is 2. The van der Waals surface area contributed by atoms with E-state index in [2.05, 4.69) is 10.6 Å².